The van der Waals surface area contributed by atoms with Gasteiger partial charge in [-0.05, 0) is 95.8 Å². The molecular weight excluding hydrogens is 572 g/mol. The number of fused-ring (bicyclic) bond motifs is 2. The van der Waals surface area contributed by atoms with Crippen LogP contribution >= 0.6 is 11.8 Å². The van der Waals surface area contributed by atoms with E-state index in [2.05, 4.69) is 58.1 Å². The number of carbonyl (C=O) groups is 1. The van der Waals surface area contributed by atoms with E-state index < -0.39 is 5.79 Å². The molecule has 1 atom stereocenters. The van der Waals surface area contributed by atoms with E-state index in [1.807, 2.05) is 52.4 Å². The number of carbonyl (C=O) groups excluding carboxylic acids is 1. The summed E-state index contributed by atoms with van der Waals surface area (Å²) < 4.78 is 15.7. The Morgan fingerprint density at radius 2 is 1.82 bits per heavy atom. The number of aromatic amines is 1. The van der Waals surface area contributed by atoms with Crippen molar-refractivity contribution in [1.82, 2.24) is 19.8 Å². The smallest absolute Gasteiger partial charge is 0.254 e. The summed E-state index contributed by atoms with van der Waals surface area (Å²) in [7, 11) is 6.32. The first-order valence-corrected chi connectivity index (χ1v) is 16.5. The summed E-state index contributed by atoms with van der Waals surface area (Å²) >= 11 is 1.50. The molecule has 2 N–H and O–H groups in total. The Bertz CT molecular complexity index is 1800. The minimum absolute atomic E-state index is 0.122. The van der Waals surface area contributed by atoms with Crippen LogP contribution in [-0.4, -0.2) is 52.5 Å². The first-order valence-electron chi connectivity index (χ1n) is 15.3. The monoisotopic (exact) mass is 614 g/mol. The fourth-order valence-corrected chi connectivity index (χ4v) is 7.57. The Balaban J connectivity index is 1.38. The molecule has 1 amide bonds. The van der Waals surface area contributed by atoms with Crippen molar-refractivity contribution < 1.29 is 14.3 Å². The Kier molecular flexibility index (Phi) is 8.05. The van der Waals surface area contributed by atoms with Crippen LogP contribution in [0.5, 0.6) is 11.5 Å². The highest BCUT2D eigenvalue weighted by molar-refractivity contribution is 7.98. The van der Waals surface area contributed by atoms with Crippen LogP contribution in [0.1, 0.15) is 59.8 Å². The van der Waals surface area contributed by atoms with Crippen molar-refractivity contribution in [1.29, 1.82) is 0 Å². The van der Waals surface area contributed by atoms with Gasteiger partial charge in [-0.1, -0.05) is 6.07 Å². The number of benzene rings is 2. The molecule has 8 nitrogen and oxygen atoms in total. The Labute approximate surface area is 263 Å². The third-order valence-electron chi connectivity index (χ3n) is 9.58. The maximum absolute atomic E-state index is 13.8. The molecule has 6 rings (SSSR count). The number of hydrogen-bond acceptors (Lipinski definition) is 6. The second-order valence-electron chi connectivity index (χ2n) is 12.7. The molecular formula is C35H42N4O4S. The number of amides is 1. The highest BCUT2D eigenvalue weighted by Gasteiger charge is 2.47. The lowest BCUT2D eigenvalue weighted by atomic mass is 9.81. The molecule has 2 aromatic heterocycles. The largest absolute Gasteiger partial charge is 0.448 e. The van der Waals surface area contributed by atoms with Crippen LogP contribution in [0.3, 0.4) is 0 Å². The molecule has 1 saturated carbocycles. The van der Waals surface area contributed by atoms with E-state index in [1.54, 1.807) is 0 Å². The lowest BCUT2D eigenvalue weighted by molar-refractivity contribution is -0.123. The van der Waals surface area contributed by atoms with Crippen molar-refractivity contribution in [3.05, 3.63) is 75.3 Å². The van der Waals surface area contributed by atoms with E-state index in [1.165, 1.54) is 11.8 Å². The number of ether oxygens (including phenoxy) is 2. The normalized spacial score (nSPS) is 21.3. The van der Waals surface area contributed by atoms with E-state index >= 15 is 0 Å². The summed E-state index contributed by atoms with van der Waals surface area (Å²) in [5, 5.41) is 4.13. The topological polar surface area (TPSA) is 88.6 Å². The number of nitrogens with one attached hydrogen (secondary N) is 2. The van der Waals surface area contributed by atoms with Crippen LogP contribution in [0.15, 0.2) is 52.3 Å². The fraction of sp³-hybridized carbons (Fsp3) is 0.429. The summed E-state index contributed by atoms with van der Waals surface area (Å²) in [5.74, 6) is 0.448. The molecule has 44 heavy (non-hydrogen) atoms. The zero-order chi connectivity index (χ0) is 31.3. The van der Waals surface area contributed by atoms with Gasteiger partial charge in [0, 0.05) is 82.4 Å². The zero-order valence-corrected chi connectivity index (χ0v) is 27.5. The maximum atomic E-state index is 13.8. The molecule has 1 fully saturated rings. The molecule has 1 aliphatic carbocycles. The summed E-state index contributed by atoms with van der Waals surface area (Å²) in [5.41, 5.74) is 5.30. The van der Waals surface area contributed by atoms with Crippen molar-refractivity contribution in [2.75, 3.05) is 20.4 Å². The molecule has 4 aromatic rings. The second-order valence-corrected chi connectivity index (χ2v) is 13.5. The molecule has 0 saturated heterocycles. The van der Waals surface area contributed by atoms with E-state index in [4.69, 9.17) is 9.47 Å². The molecule has 0 radical (unpaired) electrons. The van der Waals surface area contributed by atoms with Gasteiger partial charge in [-0.2, -0.15) is 0 Å². The minimum Gasteiger partial charge on any atom is -0.448 e. The van der Waals surface area contributed by atoms with Crippen LogP contribution in [-0.2, 0) is 13.6 Å². The Morgan fingerprint density at radius 3 is 2.52 bits per heavy atom. The van der Waals surface area contributed by atoms with Gasteiger partial charge >= 0.3 is 0 Å². The average molecular weight is 615 g/mol. The average Bonchev–Trinajstić information content (AvgIpc) is 3.56. The molecule has 1 aliphatic heterocycles. The maximum Gasteiger partial charge on any atom is 0.254 e. The van der Waals surface area contributed by atoms with Crippen LogP contribution in [0.4, 0.5) is 0 Å². The van der Waals surface area contributed by atoms with Gasteiger partial charge in [-0.15, -0.1) is 11.8 Å². The molecule has 0 bridgehead atoms. The fourth-order valence-electron chi connectivity index (χ4n) is 6.87. The van der Waals surface area contributed by atoms with Crippen LogP contribution < -0.4 is 20.3 Å². The SMILES string of the molecule is CSc1cc(C)[nH]c(=O)c1CNC(=O)c1cc(-c2ccc3c(ccn3C)c2)c2c(c1C)OC(C)([C@H]1CC[C@H](N(C)C)CC1)O2. The molecule has 3 heterocycles. The lowest BCUT2D eigenvalue weighted by Crippen LogP contribution is -2.46. The molecule has 232 valence electrons. The van der Waals surface area contributed by atoms with Gasteiger partial charge in [0.05, 0.1) is 0 Å². The number of thioether (sulfide) groups is 1. The summed E-state index contributed by atoms with van der Waals surface area (Å²) in [6, 6.07) is 12.8. The molecule has 0 spiro atoms. The highest BCUT2D eigenvalue weighted by Crippen LogP contribution is 2.53. The first-order chi connectivity index (χ1) is 21.0. The van der Waals surface area contributed by atoms with Gasteiger partial charge in [0.15, 0.2) is 11.5 Å². The summed E-state index contributed by atoms with van der Waals surface area (Å²) in [4.78, 5) is 32.6. The molecule has 1 unspecified atom stereocenters. The van der Waals surface area contributed by atoms with Gasteiger partial charge < -0.3 is 29.2 Å². The quantitative estimate of drug-likeness (QED) is 0.234. The lowest BCUT2D eigenvalue weighted by Gasteiger charge is -2.39. The van der Waals surface area contributed by atoms with Crippen molar-refractivity contribution >= 4 is 28.6 Å². The molecule has 9 heteroatoms. The predicted octanol–water partition coefficient (Wildman–Crippen LogP) is 6.41. The van der Waals surface area contributed by atoms with Crippen LogP contribution in [0.25, 0.3) is 22.0 Å². The zero-order valence-electron chi connectivity index (χ0n) is 26.7. The number of aryl methyl sites for hydroxylation is 2. The van der Waals surface area contributed by atoms with Crippen LogP contribution in [0, 0.1) is 19.8 Å². The van der Waals surface area contributed by atoms with E-state index in [-0.39, 0.29) is 23.9 Å². The number of rotatable bonds is 7. The third-order valence-corrected chi connectivity index (χ3v) is 10.4. The molecule has 2 aromatic carbocycles. The van der Waals surface area contributed by atoms with Gasteiger partial charge in [-0.3, -0.25) is 9.59 Å². The van der Waals surface area contributed by atoms with E-state index in [0.717, 1.165) is 63.9 Å². The second kappa shape index (κ2) is 11.7. The van der Waals surface area contributed by atoms with Crippen LogP contribution in [0.2, 0.25) is 0 Å². The van der Waals surface area contributed by atoms with E-state index in [9.17, 15) is 9.59 Å². The number of hydrogen-bond donors (Lipinski definition) is 2. The van der Waals surface area contributed by atoms with Crippen molar-refractivity contribution in [3.8, 4) is 22.6 Å². The van der Waals surface area contributed by atoms with Crippen molar-refractivity contribution in [2.45, 2.75) is 69.7 Å². The summed E-state index contributed by atoms with van der Waals surface area (Å²) in [6.45, 7) is 5.94. The van der Waals surface area contributed by atoms with Gasteiger partial charge in [0.1, 0.15) is 0 Å². The predicted molar refractivity (Wildman–Crippen MR) is 177 cm³/mol. The van der Waals surface area contributed by atoms with Crippen molar-refractivity contribution in [2.24, 2.45) is 13.0 Å². The summed E-state index contributed by atoms with van der Waals surface area (Å²) in [6.07, 6.45) is 8.18. The highest BCUT2D eigenvalue weighted by atomic mass is 32.2. The number of nitrogens with zero attached hydrogens (tertiary/aromatic N) is 2. The Morgan fingerprint density at radius 1 is 1.09 bits per heavy atom. The Hall–Kier alpha value is -3.69. The van der Waals surface area contributed by atoms with Gasteiger partial charge in [-0.25, -0.2) is 0 Å². The van der Waals surface area contributed by atoms with Gasteiger partial charge in [0.2, 0.25) is 0 Å². The van der Waals surface area contributed by atoms with Gasteiger partial charge in [0.25, 0.3) is 17.3 Å². The molecule has 2 aliphatic rings. The number of aromatic nitrogens is 2. The first kappa shape index (κ1) is 30.3. The third kappa shape index (κ3) is 5.41. The van der Waals surface area contributed by atoms with Crippen molar-refractivity contribution in [3.63, 3.8) is 0 Å². The minimum atomic E-state index is -0.826. The standard InChI is InChI=1S/C35H42N4O4S/c1-20-16-30(44-7)28(34(41)37-20)19-36-33(40)26-18-27(22-8-13-29-23(17-22)14-15-39(29)6)32-31(21(26)2)42-35(3,43-32)24-9-11-25(12-10-24)38(4)5/h8,13-18,24-25H,9-12,19H2,1-7H3,(H,36,40)(H,37,41)/t24-,25-,35?. The number of H-pyrrole nitrogens is 1. The van der Waals surface area contributed by atoms with E-state index in [0.29, 0.717) is 28.7 Å². The number of pyridine rings is 1.